The Balaban J connectivity index is 2.14. The molecule has 0 radical (unpaired) electrons. The first-order valence-electron chi connectivity index (χ1n) is 6.32. The Kier molecular flexibility index (Phi) is 3.92. The number of sulfone groups is 1. The van der Waals surface area contributed by atoms with Gasteiger partial charge in [0.15, 0.2) is 9.84 Å². The Morgan fingerprint density at radius 1 is 1.33 bits per heavy atom. The number of anilines is 1. The van der Waals surface area contributed by atoms with Crippen LogP contribution in [0.4, 0.5) is 5.69 Å². The van der Waals surface area contributed by atoms with E-state index in [2.05, 4.69) is 10.2 Å². The predicted molar refractivity (Wildman–Crippen MR) is 73.8 cm³/mol. The summed E-state index contributed by atoms with van der Waals surface area (Å²) in [6.45, 7) is 3.67. The number of benzene rings is 1. The largest absolute Gasteiger partial charge is 0.370 e. The van der Waals surface area contributed by atoms with Crippen LogP contribution < -0.4 is 10.2 Å². The van der Waals surface area contributed by atoms with Crippen molar-refractivity contribution >= 4 is 15.5 Å². The van der Waals surface area contributed by atoms with E-state index in [0.717, 1.165) is 25.2 Å². The van der Waals surface area contributed by atoms with E-state index in [1.807, 2.05) is 19.2 Å². The second-order valence-electron chi connectivity index (χ2n) is 4.62. The van der Waals surface area contributed by atoms with Gasteiger partial charge in [0.1, 0.15) is 0 Å². The zero-order valence-electron chi connectivity index (χ0n) is 10.9. The second-order valence-corrected chi connectivity index (χ2v) is 6.90. The molecule has 1 aliphatic rings. The first kappa shape index (κ1) is 13.4. The van der Waals surface area contributed by atoms with Crippen molar-refractivity contribution in [3.05, 3.63) is 24.3 Å². The van der Waals surface area contributed by atoms with Crippen LogP contribution in [0.25, 0.3) is 0 Å². The molecule has 1 heterocycles. The number of hydrogen-bond donors (Lipinski definition) is 1. The standard InChI is InChI=1S/C13H20N2O2S/c1-3-18(16,17)13-6-4-12(5-7-13)15-9-8-11(10-15)14-2/h4-7,11,14H,3,8-10H2,1-2H3. The molecule has 2 rings (SSSR count). The number of nitrogens with zero attached hydrogens (tertiary/aromatic N) is 1. The summed E-state index contributed by atoms with van der Waals surface area (Å²) in [5, 5.41) is 3.27. The molecule has 0 spiro atoms. The minimum absolute atomic E-state index is 0.151. The topological polar surface area (TPSA) is 49.4 Å². The van der Waals surface area contributed by atoms with Gasteiger partial charge in [-0.3, -0.25) is 0 Å². The highest BCUT2D eigenvalue weighted by atomic mass is 32.2. The molecule has 18 heavy (non-hydrogen) atoms. The highest BCUT2D eigenvalue weighted by Gasteiger charge is 2.21. The summed E-state index contributed by atoms with van der Waals surface area (Å²) in [6.07, 6.45) is 1.13. The van der Waals surface area contributed by atoms with Crippen molar-refractivity contribution < 1.29 is 8.42 Å². The van der Waals surface area contributed by atoms with Gasteiger partial charge in [-0.2, -0.15) is 0 Å². The average Bonchev–Trinajstić information content (AvgIpc) is 2.87. The first-order valence-corrected chi connectivity index (χ1v) is 7.97. The SMILES string of the molecule is CCS(=O)(=O)c1ccc(N2CCC(NC)C2)cc1. The summed E-state index contributed by atoms with van der Waals surface area (Å²) in [6, 6.07) is 7.76. The molecule has 1 unspecified atom stereocenters. The van der Waals surface area contributed by atoms with E-state index in [-0.39, 0.29) is 5.75 Å². The zero-order chi connectivity index (χ0) is 13.2. The Bertz CT molecular complexity index is 496. The smallest absolute Gasteiger partial charge is 0.178 e. The fraction of sp³-hybridized carbons (Fsp3) is 0.538. The van der Waals surface area contributed by atoms with Crippen LogP contribution in [0.5, 0.6) is 0 Å². The van der Waals surface area contributed by atoms with Crippen LogP contribution in [0.2, 0.25) is 0 Å². The molecule has 5 heteroatoms. The molecule has 1 aromatic rings. The molecule has 4 nitrogen and oxygen atoms in total. The molecule has 1 aromatic carbocycles. The van der Waals surface area contributed by atoms with Crippen LogP contribution in [0.1, 0.15) is 13.3 Å². The summed E-state index contributed by atoms with van der Waals surface area (Å²) in [5.41, 5.74) is 1.10. The van der Waals surface area contributed by atoms with Gasteiger partial charge in [0.25, 0.3) is 0 Å². The Morgan fingerprint density at radius 3 is 2.50 bits per heavy atom. The highest BCUT2D eigenvalue weighted by molar-refractivity contribution is 7.91. The monoisotopic (exact) mass is 268 g/mol. The molecular weight excluding hydrogens is 248 g/mol. The first-order chi connectivity index (χ1) is 8.56. The normalized spacial score (nSPS) is 20.3. The molecule has 1 saturated heterocycles. The van der Waals surface area contributed by atoms with Crippen molar-refractivity contribution in [2.75, 3.05) is 30.8 Å². The third-order valence-electron chi connectivity index (χ3n) is 3.54. The summed E-state index contributed by atoms with van der Waals surface area (Å²) >= 11 is 0. The fourth-order valence-corrected chi connectivity index (χ4v) is 3.15. The van der Waals surface area contributed by atoms with Crippen LogP contribution >= 0.6 is 0 Å². The van der Waals surface area contributed by atoms with Crippen LogP contribution in [0.15, 0.2) is 29.2 Å². The Labute approximate surface area is 109 Å². The number of nitrogens with one attached hydrogen (secondary N) is 1. The maximum atomic E-state index is 11.7. The third-order valence-corrected chi connectivity index (χ3v) is 5.29. The molecule has 0 aromatic heterocycles. The molecule has 0 aliphatic carbocycles. The van der Waals surface area contributed by atoms with Gasteiger partial charge in [-0.25, -0.2) is 8.42 Å². The van der Waals surface area contributed by atoms with Gasteiger partial charge in [0.05, 0.1) is 10.6 Å². The summed E-state index contributed by atoms with van der Waals surface area (Å²) in [5.74, 6) is 0.151. The quantitative estimate of drug-likeness (QED) is 0.893. The number of hydrogen-bond acceptors (Lipinski definition) is 4. The van der Waals surface area contributed by atoms with E-state index in [4.69, 9.17) is 0 Å². The van der Waals surface area contributed by atoms with Crippen LogP contribution in [0, 0.1) is 0 Å². The fourth-order valence-electron chi connectivity index (χ4n) is 2.26. The molecular formula is C13H20N2O2S. The minimum atomic E-state index is -3.08. The van der Waals surface area contributed by atoms with Crippen molar-refractivity contribution in [2.24, 2.45) is 0 Å². The third kappa shape index (κ3) is 2.67. The van der Waals surface area contributed by atoms with Crippen LogP contribution in [-0.2, 0) is 9.84 Å². The van der Waals surface area contributed by atoms with E-state index in [9.17, 15) is 8.42 Å². The van der Waals surface area contributed by atoms with Gasteiger partial charge in [0, 0.05) is 24.8 Å². The van der Waals surface area contributed by atoms with E-state index in [1.165, 1.54) is 0 Å². The molecule has 100 valence electrons. The van der Waals surface area contributed by atoms with Crippen LogP contribution in [0.3, 0.4) is 0 Å². The summed E-state index contributed by atoms with van der Waals surface area (Å²) in [7, 11) is -1.11. The van der Waals surface area contributed by atoms with Crippen molar-refractivity contribution in [1.29, 1.82) is 0 Å². The van der Waals surface area contributed by atoms with E-state index in [0.29, 0.717) is 10.9 Å². The van der Waals surface area contributed by atoms with Gasteiger partial charge in [-0.15, -0.1) is 0 Å². The summed E-state index contributed by atoms with van der Waals surface area (Å²) < 4.78 is 23.4. The van der Waals surface area contributed by atoms with Crippen molar-refractivity contribution in [1.82, 2.24) is 5.32 Å². The van der Waals surface area contributed by atoms with Gasteiger partial charge in [-0.05, 0) is 37.7 Å². The lowest BCUT2D eigenvalue weighted by atomic mass is 10.3. The minimum Gasteiger partial charge on any atom is -0.370 e. The number of rotatable bonds is 4. The maximum Gasteiger partial charge on any atom is 0.178 e. The molecule has 1 atom stereocenters. The van der Waals surface area contributed by atoms with Gasteiger partial charge in [-0.1, -0.05) is 6.92 Å². The van der Waals surface area contributed by atoms with E-state index >= 15 is 0 Å². The lowest BCUT2D eigenvalue weighted by Crippen LogP contribution is -2.29. The molecule has 1 fully saturated rings. The van der Waals surface area contributed by atoms with Gasteiger partial charge >= 0.3 is 0 Å². The average molecular weight is 268 g/mol. The molecule has 1 N–H and O–H groups in total. The Hall–Kier alpha value is -1.07. The lowest BCUT2D eigenvalue weighted by Gasteiger charge is -2.18. The van der Waals surface area contributed by atoms with Gasteiger partial charge < -0.3 is 10.2 Å². The van der Waals surface area contributed by atoms with Crippen molar-refractivity contribution in [3.8, 4) is 0 Å². The molecule has 0 bridgehead atoms. The number of likely N-dealkylation sites (N-methyl/N-ethyl adjacent to an activating group) is 1. The van der Waals surface area contributed by atoms with E-state index in [1.54, 1.807) is 19.1 Å². The molecule has 1 aliphatic heterocycles. The van der Waals surface area contributed by atoms with Gasteiger partial charge in [0.2, 0.25) is 0 Å². The maximum absolute atomic E-state index is 11.7. The molecule has 0 amide bonds. The predicted octanol–water partition coefficient (Wildman–Crippen LogP) is 1.28. The zero-order valence-corrected chi connectivity index (χ0v) is 11.7. The summed E-state index contributed by atoms with van der Waals surface area (Å²) in [4.78, 5) is 2.70. The van der Waals surface area contributed by atoms with Crippen molar-refractivity contribution in [3.63, 3.8) is 0 Å². The Morgan fingerprint density at radius 2 is 2.00 bits per heavy atom. The van der Waals surface area contributed by atoms with E-state index < -0.39 is 9.84 Å². The molecule has 0 saturated carbocycles. The second kappa shape index (κ2) is 5.28. The lowest BCUT2D eigenvalue weighted by molar-refractivity contribution is 0.597. The van der Waals surface area contributed by atoms with Crippen molar-refractivity contribution in [2.45, 2.75) is 24.3 Å². The van der Waals surface area contributed by atoms with Crippen LogP contribution in [-0.4, -0.2) is 40.3 Å². The highest BCUT2D eigenvalue weighted by Crippen LogP contribution is 2.22.